The molecule has 1 atom stereocenters. The third-order valence-corrected chi connectivity index (χ3v) is 4.29. The first-order chi connectivity index (χ1) is 11.4. The lowest BCUT2D eigenvalue weighted by molar-refractivity contribution is -0.124. The van der Waals surface area contributed by atoms with Gasteiger partial charge in [0.05, 0.1) is 21.7 Å². The van der Waals surface area contributed by atoms with Crippen LogP contribution in [0, 0.1) is 0 Å². The Kier molecular flexibility index (Phi) is 6.49. The molecule has 2 rings (SSSR count). The zero-order valence-corrected chi connectivity index (χ0v) is 15.0. The molecule has 4 nitrogen and oxygen atoms in total. The molecule has 0 heterocycles. The summed E-state index contributed by atoms with van der Waals surface area (Å²) >= 11 is 17.7. The Morgan fingerprint density at radius 3 is 2.54 bits per heavy atom. The van der Waals surface area contributed by atoms with Gasteiger partial charge in [-0.15, -0.1) is 0 Å². The quantitative estimate of drug-likeness (QED) is 0.759. The highest BCUT2D eigenvalue weighted by Crippen LogP contribution is 2.26. The maximum Gasteiger partial charge on any atom is 0.340 e. The summed E-state index contributed by atoms with van der Waals surface area (Å²) in [5, 5.41) is 3.64. The van der Waals surface area contributed by atoms with Gasteiger partial charge >= 0.3 is 5.97 Å². The monoisotopic (exact) mass is 385 g/mol. The number of esters is 1. The SMILES string of the molecule is C[C@H](NC(=O)COC(=O)c1cccc(Cl)c1Cl)c1cccc(Cl)c1. The number of amides is 1. The maximum atomic E-state index is 12.0. The number of hydrogen-bond donors (Lipinski definition) is 1. The van der Waals surface area contributed by atoms with Gasteiger partial charge in [-0.3, -0.25) is 4.79 Å². The van der Waals surface area contributed by atoms with E-state index in [9.17, 15) is 9.59 Å². The largest absolute Gasteiger partial charge is 0.452 e. The van der Waals surface area contributed by atoms with Gasteiger partial charge in [-0.1, -0.05) is 53.0 Å². The second kappa shape index (κ2) is 8.38. The van der Waals surface area contributed by atoms with Gasteiger partial charge in [0.1, 0.15) is 0 Å². The van der Waals surface area contributed by atoms with Crippen molar-refractivity contribution >= 4 is 46.7 Å². The molecule has 0 unspecified atom stereocenters. The van der Waals surface area contributed by atoms with E-state index >= 15 is 0 Å². The number of halogens is 3. The highest BCUT2D eigenvalue weighted by molar-refractivity contribution is 6.43. The summed E-state index contributed by atoms with van der Waals surface area (Å²) in [4.78, 5) is 23.9. The zero-order chi connectivity index (χ0) is 17.7. The van der Waals surface area contributed by atoms with E-state index in [4.69, 9.17) is 39.5 Å². The molecule has 1 amide bonds. The standard InChI is InChI=1S/C17H14Cl3NO3/c1-10(11-4-2-5-12(18)8-11)21-15(22)9-24-17(23)13-6-3-7-14(19)16(13)20/h2-8,10H,9H2,1H3,(H,21,22)/t10-/m0/s1. The number of benzene rings is 2. The molecule has 24 heavy (non-hydrogen) atoms. The molecule has 0 spiro atoms. The van der Waals surface area contributed by atoms with E-state index in [1.807, 2.05) is 6.07 Å². The summed E-state index contributed by atoms with van der Waals surface area (Å²) in [5.74, 6) is -1.15. The van der Waals surface area contributed by atoms with Crippen LogP contribution < -0.4 is 5.32 Å². The number of ether oxygens (including phenoxy) is 1. The van der Waals surface area contributed by atoms with Crippen LogP contribution in [0.4, 0.5) is 0 Å². The Balaban J connectivity index is 1.91. The van der Waals surface area contributed by atoms with Crippen molar-refractivity contribution in [3.8, 4) is 0 Å². The second-order valence-electron chi connectivity index (χ2n) is 5.02. The molecule has 0 aliphatic carbocycles. The van der Waals surface area contributed by atoms with Crippen LogP contribution >= 0.6 is 34.8 Å². The molecular formula is C17H14Cl3NO3. The summed E-state index contributed by atoms with van der Waals surface area (Å²) in [6, 6.07) is 11.5. The van der Waals surface area contributed by atoms with Crippen molar-refractivity contribution in [2.75, 3.05) is 6.61 Å². The van der Waals surface area contributed by atoms with E-state index in [1.54, 1.807) is 37.3 Å². The fourth-order valence-electron chi connectivity index (χ4n) is 2.01. The van der Waals surface area contributed by atoms with Crippen molar-refractivity contribution in [2.24, 2.45) is 0 Å². The van der Waals surface area contributed by atoms with Crippen molar-refractivity contribution in [2.45, 2.75) is 13.0 Å². The van der Waals surface area contributed by atoms with Gasteiger partial charge < -0.3 is 10.1 Å². The van der Waals surface area contributed by atoms with Gasteiger partial charge in [-0.05, 0) is 36.8 Å². The third kappa shape index (κ3) is 4.87. The van der Waals surface area contributed by atoms with E-state index in [2.05, 4.69) is 5.32 Å². The smallest absolute Gasteiger partial charge is 0.340 e. The molecule has 0 saturated heterocycles. The summed E-state index contributed by atoms with van der Waals surface area (Å²) in [6.45, 7) is 1.38. The fourth-order valence-corrected chi connectivity index (χ4v) is 2.59. The lowest BCUT2D eigenvalue weighted by atomic mass is 10.1. The maximum absolute atomic E-state index is 12.0. The molecule has 0 aliphatic rings. The van der Waals surface area contributed by atoms with Crippen molar-refractivity contribution in [1.29, 1.82) is 0 Å². The van der Waals surface area contributed by atoms with Gasteiger partial charge in [0.25, 0.3) is 5.91 Å². The topological polar surface area (TPSA) is 55.4 Å². The van der Waals surface area contributed by atoms with Crippen LogP contribution in [-0.4, -0.2) is 18.5 Å². The first-order valence-corrected chi connectivity index (χ1v) is 8.18. The number of rotatable bonds is 5. The van der Waals surface area contributed by atoms with Gasteiger partial charge in [0.2, 0.25) is 0 Å². The summed E-state index contributed by atoms with van der Waals surface area (Å²) in [7, 11) is 0. The molecule has 1 N–H and O–H groups in total. The average Bonchev–Trinajstić information content (AvgIpc) is 2.55. The van der Waals surface area contributed by atoms with Gasteiger partial charge in [0, 0.05) is 5.02 Å². The molecule has 0 aliphatic heterocycles. The van der Waals surface area contributed by atoms with Crippen molar-refractivity contribution in [3.05, 3.63) is 68.7 Å². The Morgan fingerprint density at radius 1 is 1.12 bits per heavy atom. The molecule has 2 aromatic rings. The van der Waals surface area contributed by atoms with Crippen molar-refractivity contribution in [1.82, 2.24) is 5.32 Å². The predicted octanol–water partition coefficient (Wildman–Crippen LogP) is 4.68. The number of hydrogen-bond acceptors (Lipinski definition) is 3. The van der Waals surface area contributed by atoms with Crippen LogP contribution in [0.2, 0.25) is 15.1 Å². The molecule has 0 bridgehead atoms. The lowest BCUT2D eigenvalue weighted by Crippen LogP contribution is -2.31. The van der Waals surface area contributed by atoms with Crippen LogP contribution in [0.1, 0.15) is 28.9 Å². The molecule has 2 aromatic carbocycles. The van der Waals surface area contributed by atoms with Gasteiger partial charge in [-0.25, -0.2) is 4.79 Å². The van der Waals surface area contributed by atoms with Crippen molar-refractivity contribution < 1.29 is 14.3 Å². The summed E-state index contributed by atoms with van der Waals surface area (Å²) < 4.78 is 4.97. The average molecular weight is 387 g/mol. The van der Waals surface area contributed by atoms with Crippen LogP contribution in [0.3, 0.4) is 0 Å². The van der Waals surface area contributed by atoms with Crippen LogP contribution in [0.15, 0.2) is 42.5 Å². The molecule has 0 radical (unpaired) electrons. The van der Waals surface area contributed by atoms with Crippen LogP contribution in [0.25, 0.3) is 0 Å². The van der Waals surface area contributed by atoms with E-state index < -0.39 is 18.5 Å². The fraction of sp³-hybridized carbons (Fsp3) is 0.176. The highest BCUT2D eigenvalue weighted by atomic mass is 35.5. The predicted molar refractivity (Wildman–Crippen MR) is 94.8 cm³/mol. The Morgan fingerprint density at radius 2 is 1.83 bits per heavy atom. The second-order valence-corrected chi connectivity index (χ2v) is 6.24. The van der Waals surface area contributed by atoms with Crippen molar-refractivity contribution in [3.63, 3.8) is 0 Å². The van der Waals surface area contributed by atoms with Gasteiger partial charge in [-0.2, -0.15) is 0 Å². The lowest BCUT2D eigenvalue weighted by Gasteiger charge is -2.15. The van der Waals surface area contributed by atoms with Gasteiger partial charge in [0.15, 0.2) is 6.61 Å². The molecule has 126 valence electrons. The minimum Gasteiger partial charge on any atom is -0.452 e. The number of carbonyl (C=O) groups is 2. The Labute approximate surface area is 154 Å². The van der Waals surface area contributed by atoms with E-state index in [0.29, 0.717) is 5.02 Å². The first kappa shape index (κ1) is 18.6. The summed E-state index contributed by atoms with van der Waals surface area (Å²) in [6.07, 6.45) is 0. The van der Waals surface area contributed by atoms with Crippen LogP contribution in [0.5, 0.6) is 0 Å². The van der Waals surface area contributed by atoms with E-state index in [0.717, 1.165) is 5.56 Å². The molecule has 0 aromatic heterocycles. The van der Waals surface area contributed by atoms with Crippen LogP contribution in [-0.2, 0) is 9.53 Å². The molecule has 0 fully saturated rings. The summed E-state index contributed by atoms with van der Waals surface area (Å²) in [5.41, 5.74) is 0.958. The third-order valence-electron chi connectivity index (χ3n) is 3.23. The number of carbonyl (C=O) groups excluding carboxylic acids is 2. The minimum atomic E-state index is -0.715. The normalized spacial score (nSPS) is 11.7. The molecular weight excluding hydrogens is 373 g/mol. The van der Waals surface area contributed by atoms with E-state index in [-0.39, 0.29) is 21.7 Å². The van der Waals surface area contributed by atoms with E-state index in [1.165, 1.54) is 6.07 Å². The molecule has 7 heteroatoms. The zero-order valence-electron chi connectivity index (χ0n) is 12.7. The highest BCUT2D eigenvalue weighted by Gasteiger charge is 2.16. The molecule has 0 saturated carbocycles. The number of nitrogens with one attached hydrogen (secondary N) is 1. The first-order valence-electron chi connectivity index (χ1n) is 7.04. The minimum absolute atomic E-state index is 0.0943. The Hall–Kier alpha value is -1.75. The Bertz CT molecular complexity index is 764.